The highest BCUT2D eigenvalue weighted by Gasteiger charge is 2.28. The Morgan fingerprint density at radius 3 is 2.81 bits per heavy atom. The first-order valence-corrected chi connectivity index (χ1v) is 11.0. The van der Waals surface area contributed by atoms with E-state index in [9.17, 15) is 4.79 Å². The predicted molar refractivity (Wildman–Crippen MR) is 110 cm³/mol. The number of thioether (sulfide) groups is 1. The molecule has 2 saturated heterocycles. The van der Waals surface area contributed by atoms with Crippen LogP contribution < -0.4 is 0 Å². The van der Waals surface area contributed by atoms with E-state index in [0.717, 1.165) is 30.8 Å². The van der Waals surface area contributed by atoms with Crippen molar-refractivity contribution >= 4 is 28.6 Å². The van der Waals surface area contributed by atoms with Gasteiger partial charge in [0.15, 0.2) is 0 Å². The summed E-state index contributed by atoms with van der Waals surface area (Å²) < 4.78 is 2.14. The summed E-state index contributed by atoms with van der Waals surface area (Å²) in [7, 11) is 2.06. The van der Waals surface area contributed by atoms with Gasteiger partial charge >= 0.3 is 0 Å². The van der Waals surface area contributed by atoms with Crippen LogP contribution in [-0.4, -0.2) is 64.0 Å². The lowest BCUT2D eigenvalue weighted by molar-refractivity contribution is -0.132. The van der Waals surface area contributed by atoms with Crippen molar-refractivity contribution in [2.45, 2.75) is 31.7 Å². The third-order valence-electron chi connectivity index (χ3n) is 5.75. The Hall–Kier alpha value is -1.46. The Morgan fingerprint density at radius 1 is 1.15 bits per heavy atom. The standard InChI is InChI=1S/C21H29N3OS/c1-22-14-17(19-7-2-3-8-20(19)22)13-21(25)24-11-6-12-26-16-18(24)15-23-9-4-5-10-23/h2-3,7-8,14,18H,4-6,9-13,15-16H2,1H3. The molecule has 0 radical (unpaired) electrons. The molecule has 1 atom stereocenters. The highest BCUT2D eigenvalue weighted by Crippen LogP contribution is 2.24. The van der Waals surface area contributed by atoms with Gasteiger partial charge in [-0.05, 0) is 49.7 Å². The van der Waals surface area contributed by atoms with Crippen LogP contribution in [0.5, 0.6) is 0 Å². The molecule has 140 valence electrons. The fourth-order valence-corrected chi connectivity index (χ4v) is 5.46. The Bertz CT molecular complexity index is 766. The number of fused-ring (bicyclic) bond motifs is 1. The molecule has 1 aromatic carbocycles. The van der Waals surface area contributed by atoms with E-state index in [4.69, 9.17) is 0 Å². The van der Waals surface area contributed by atoms with Crippen LogP contribution in [0.4, 0.5) is 0 Å². The average Bonchev–Trinajstić information content (AvgIpc) is 3.18. The zero-order valence-electron chi connectivity index (χ0n) is 15.7. The molecule has 1 amide bonds. The molecule has 4 rings (SSSR count). The van der Waals surface area contributed by atoms with Crippen molar-refractivity contribution in [1.82, 2.24) is 14.4 Å². The maximum absolute atomic E-state index is 13.2. The average molecular weight is 372 g/mol. The van der Waals surface area contributed by atoms with E-state index in [2.05, 4.69) is 51.9 Å². The number of para-hydroxylation sites is 1. The second-order valence-electron chi connectivity index (χ2n) is 7.64. The SMILES string of the molecule is Cn1cc(CC(=O)N2CCCSCC2CN2CCCC2)c2ccccc21. The molecule has 0 N–H and O–H groups in total. The lowest BCUT2D eigenvalue weighted by atomic mass is 10.1. The highest BCUT2D eigenvalue weighted by atomic mass is 32.2. The smallest absolute Gasteiger partial charge is 0.227 e. The number of nitrogens with zero attached hydrogens (tertiary/aromatic N) is 3. The van der Waals surface area contributed by atoms with Crippen LogP contribution >= 0.6 is 11.8 Å². The number of hydrogen-bond acceptors (Lipinski definition) is 3. The molecule has 0 bridgehead atoms. The summed E-state index contributed by atoms with van der Waals surface area (Å²) in [5.74, 6) is 2.56. The summed E-state index contributed by atoms with van der Waals surface area (Å²) in [6, 6.07) is 8.75. The van der Waals surface area contributed by atoms with E-state index in [1.807, 2.05) is 11.8 Å². The molecule has 1 unspecified atom stereocenters. The molecule has 0 aliphatic carbocycles. The van der Waals surface area contributed by atoms with Crippen molar-refractivity contribution in [3.05, 3.63) is 36.0 Å². The molecular formula is C21H29N3OS. The number of carbonyl (C=O) groups is 1. The minimum Gasteiger partial charge on any atom is -0.350 e. The van der Waals surface area contributed by atoms with Crippen LogP contribution in [0.1, 0.15) is 24.8 Å². The fourth-order valence-electron chi connectivity index (χ4n) is 4.40. The second kappa shape index (κ2) is 8.05. The normalized spacial score (nSPS) is 22.0. The van der Waals surface area contributed by atoms with Crippen molar-refractivity contribution < 1.29 is 4.79 Å². The lowest BCUT2D eigenvalue weighted by Gasteiger charge is -2.32. The molecule has 2 fully saturated rings. The Labute approximate surface area is 160 Å². The molecule has 2 aliphatic rings. The fraction of sp³-hybridized carbons (Fsp3) is 0.571. The number of rotatable bonds is 4. The van der Waals surface area contributed by atoms with Crippen molar-refractivity contribution in [3.63, 3.8) is 0 Å². The molecule has 2 aromatic rings. The first-order chi connectivity index (χ1) is 12.7. The number of hydrogen-bond donors (Lipinski definition) is 0. The molecule has 1 aromatic heterocycles. The van der Waals surface area contributed by atoms with Crippen LogP contribution in [0.2, 0.25) is 0 Å². The number of carbonyl (C=O) groups excluding carboxylic acids is 1. The molecule has 5 heteroatoms. The van der Waals surface area contributed by atoms with E-state index in [-0.39, 0.29) is 0 Å². The first kappa shape index (κ1) is 17.9. The summed E-state index contributed by atoms with van der Waals surface area (Å²) in [5.41, 5.74) is 2.36. The van der Waals surface area contributed by atoms with Crippen molar-refractivity contribution in [2.24, 2.45) is 7.05 Å². The minimum atomic E-state index is 0.299. The molecule has 26 heavy (non-hydrogen) atoms. The van der Waals surface area contributed by atoms with E-state index in [0.29, 0.717) is 18.4 Å². The number of benzene rings is 1. The monoisotopic (exact) mass is 371 g/mol. The quantitative estimate of drug-likeness (QED) is 0.827. The van der Waals surface area contributed by atoms with Crippen LogP contribution in [0.3, 0.4) is 0 Å². The Morgan fingerprint density at radius 2 is 1.96 bits per heavy atom. The third kappa shape index (κ3) is 3.79. The van der Waals surface area contributed by atoms with Gasteiger partial charge < -0.3 is 14.4 Å². The summed E-state index contributed by atoms with van der Waals surface area (Å²) >= 11 is 2.02. The number of likely N-dealkylation sites (tertiary alicyclic amines) is 1. The lowest BCUT2D eigenvalue weighted by Crippen LogP contribution is -2.48. The highest BCUT2D eigenvalue weighted by molar-refractivity contribution is 7.99. The number of amides is 1. The summed E-state index contributed by atoms with van der Waals surface area (Å²) in [4.78, 5) is 18.0. The molecular weight excluding hydrogens is 342 g/mol. The zero-order valence-corrected chi connectivity index (χ0v) is 16.5. The van der Waals surface area contributed by atoms with E-state index >= 15 is 0 Å². The van der Waals surface area contributed by atoms with Gasteiger partial charge in [-0.3, -0.25) is 4.79 Å². The van der Waals surface area contributed by atoms with Crippen LogP contribution in [0.25, 0.3) is 10.9 Å². The maximum atomic E-state index is 13.2. The van der Waals surface area contributed by atoms with Gasteiger partial charge in [-0.1, -0.05) is 18.2 Å². The number of aromatic nitrogens is 1. The van der Waals surface area contributed by atoms with Crippen molar-refractivity contribution in [2.75, 3.05) is 37.7 Å². The van der Waals surface area contributed by atoms with E-state index < -0.39 is 0 Å². The van der Waals surface area contributed by atoms with Crippen molar-refractivity contribution in [3.8, 4) is 0 Å². The minimum absolute atomic E-state index is 0.299. The van der Waals surface area contributed by atoms with Gasteiger partial charge in [0.05, 0.1) is 12.5 Å². The topological polar surface area (TPSA) is 28.5 Å². The van der Waals surface area contributed by atoms with Gasteiger partial charge in [0.2, 0.25) is 5.91 Å². The van der Waals surface area contributed by atoms with E-state index in [1.165, 1.54) is 42.6 Å². The van der Waals surface area contributed by atoms with Crippen LogP contribution in [0.15, 0.2) is 30.5 Å². The third-order valence-corrected chi connectivity index (χ3v) is 6.95. The molecule has 0 saturated carbocycles. The van der Waals surface area contributed by atoms with Crippen molar-refractivity contribution in [1.29, 1.82) is 0 Å². The zero-order chi connectivity index (χ0) is 17.9. The maximum Gasteiger partial charge on any atom is 0.227 e. The van der Waals surface area contributed by atoms with Gasteiger partial charge in [0, 0.05) is 43.0 Å². The Kier molecular flexibility index (Phi) is 5.55. The van der Waals surface area contributed by atoms with Gasteiger partial charge in [-0.2, -0.15) is 11.8 Å². The summed E-state index contributed by atoms with van der Waals surface area (Å²) in [6.45, 7) is 4.36. The summed E-state index contributed by atoms with van der Waals surface area (Å²) in [5, 5.41) is 1.21. The number of aryl methyl sites for hydroxylation is 1. The Balaban J connectivity index is 1.51. The van der Waals surface area contributed by atoms with Crippen LogP contribution in [-0.2, 0) is 18.3 Å². The molecule has 4 nitrogen and oxygen atoms in total. The van der Waals surface area contributed by atoms with Gasteiger partial charge in [-0.25, -0.2) is 0 Å². The molecule has 3 heterocycles. The van der Waals surface area contributed by atoms with Gasteiger partial charge in [0.25, 0.3) is 0 Å². The van der Waals surface area contributed by atoms with Crippen LogP contribution in [0, 0.1) is 0 Å². The van der Waals surface area contributed by atoms with Gasteiger partial charge in [-0.15, -0.1) is 0 Å². The second-order valence-corrected chi connectivity index (χ2v) is 8.79. The summed E-state index contributed by atoms with van der Waals surface area (Å²) in [6.07, 6.45) is 6.38. The van der Waals surface area contributed by atoms with Gasteiger partial charge in [0.1, 0.15) is 0 Å². The molecule has 2 aliphatic heterocycles. The molecule has 0 spiro atoms. The predicted octanol–water partition coefficient (Wildman–Crippen LogP) is 3.15. The first-order valence-electron chi connectivity index (χ1n) is 9.85. The largest absolute Gasteiger partial charge is 0.350 e. The van der Waals surface area contributed by atoms with E-state index in [1.54, 1.807) is 0 Å².